The van der Waals surface area contributed by atoms with Gasteiger partial charge in [-0.05, 0) is 0 Å². The Morgan fingerprint density at radius 1 is 1.05 bits per heavy atom. The lowest BCUT2D eigenvalue weighted by Gasteiger charge is -2.22. The summed E-state index contributed by atoms with van der Waals surface area (Å²) in [6.07, 6.45) is 0.124. The molecule has 0 spiro atoms. The first kappa shape index (κ1) is 16.3. The Labute approximate surface area is 118 Å². The molecule has 2 unspecified atom stereocenters. The molecule has 2 rings (SSSR count). The molecule has 20 heavy (non-hydrogen) atoms. The van der Waals surface area contributed by atoms with Crippen LogP contribution in [0.5, 0.6) is 0 Å². The van der Waals surface area contributed by atoms with Crippen molar-refractivity contribution in [2.75, 3.05) is 59.0 Å². The second kappa shape index (κ2) is 7.82. The van der Waals surface area contributed by atoms with E-state index in [-0.39, 0.29) is 18.5 Å². The van der Waals surface area contributed by atoms with Gasteiger partial charge in [0, 0.05) is 13.1 Å². The molecule has 2 aliphatic heterocycles. The molecular formula is C11H22NO7P. The van der Waals surface area contributed by atoms with Crippen LogP contribution in [-0.4, -0.2) is 85.9 Å². The highest BCUT2D eigenvalue weighted by Gasteiger charge is 2.24. The van der Waals surface area contributed by atoms with Crippen LogP contribution in [0, 0.1) is 0 Å². The summed E-state index contributed by atoms with van der Waals surface area (Å²) in [4.78, 5) is 19.7. The zero-order chi connectivity index (χ0) is 14.4. The molecule has 0 aromatic carbocycles. The Hall–Kier alpha value is -0.0500. The molecule has 118 valence electrons. The van der Waals surface area contributed by atoms with Crippen LogP contribution < -0.4 is 0 Å². The Balaban J connectivity index is 1.57. The first-order valence-electron chi connectivity index (χ1n) is 6.68. The minimum absolute atomic E-state index is 0.201. The van der Waals surface area contributed by atoms with Crippen LogP contribution in [0.1, 0.15) is 0 Å². The van der Waals surface area contributed by atoms with Crippen molar-refractivity contribution in [2.45, 2.75) is 12.2 Å². The number of epoxide rings is 2. The summed E-state index contributed by atoms with van der Waals surface area (Å²) in [7, 11) is -4.07. The van der Waals surface area contributed by atoms with Crippen molar-refractivity contribution in [3.63, 3.8) is 0 Å². The van der Waals surface area contributed by atoms with Gasteiger partial charge >= 0.3 is 7.60 Å². The van der Waals surface area contributed by atoms with E-state index in [0.29, 0.717) is 39.5 Å². The molecule has 0 aliphatic carbocycles. The van der Waals surface area contributed by atoms with E-state index in [9.17, 15) is 4.57 Å². The summed E-state index contributed by atoms with van der Waals surface area (Å²) in [5.74, 6) is 0. The van der Waals surface area contributed by atoms with Gasteiger partial charge in [-0.3, -0.25) is 9.46 Å². The smallest absolute Gasteiger partial charge is 0.339 e. The van der Waals surface area contributed by atoms with Crippen molar-refractivity contribution in [2.24, 2.45) is 0 Å². The highest BCUT2D eigenvalue weighted by atomic mass is 31.2. The third kappa shape index (κ3) is 8.28. The second-order valence-electron chi connectivity index (χ2n) is 4.98. The van der Waals surface area contributed by atoms with Crippen molar-refractivity contribution >= 4 is 7.60 Å². The molecular weight excluding hydrogens is 289 g/mol. The fraction of sp³-hybridized carbons (Fsp3) is 1.00. The van der Waals surface area contributed by atoms with Crippen LogP contribution in [0.25, 0.3) is 0 Å². The maximum Gasteiger partial charge on any atom is 0.339 e. The van der Waals surface area contributed by atoms with Gasteiger partial charge in [-0.1, -0.05) is 0 Å². The van der Waals surface area contributed by atoms with Crippen LogP contribution in [0.15, 0.2) is 0 Å². The molecule has 2 N–H and O–H groups in total. The summed E-state index contributed by atoms with van der Waals surface area (Å²) in [6, 6.07) is 0. The Morgan fingerprint density at radius 3 is 1.85 bits per heavy atom. The van der Waals surface area contributed by atoms with E-state index in [1.54, 1.807) is 4.90 Å². The van der Waals surface area contributed by atoms with Crippen molar-refractivity contribution in [1.29, 1.82) is 0 Å². The molecule has 2 fully saturated rings. The van der Waals surface area contributed by atoms with Crippen LogP contribution in [0.4, 0.5) is 0 Å². The summed E-state index contributed by atoms with van der Waals surface area (Å²) >= 11 is 0. The molecule has 0 bridgehead atoms. The summed E-state index contributed by atoms with van der Waals surface area (Å²) in [5, 5.41) is 0. The lowest BCUT2D eigenvalue weighted by atomic mass is 10.5. The molecule has 2 aliphatic rings. The molecule has 0 saturated carbocycles. The van der Waals surface area contributed by atoms with Gasteiger partial charge in [-0.15, -0.1) is 0 Å². The highest BCUT2D eigenvalue weighted by Crippen LogP contribution is 2.34. The van der Waals surface area contributed by atoms with E-state index < -0.39 is 7.60 Å². The molecule has 0 radical (unpaired) electrons. The second-order valence-corrected chi connectivity index (χ2v) is 6.60. The van der Waals surface area contributed by atoms with Crippen LogP contribution in [0.2, 0.25) is 0 Å². The Morgan fingerprint density at radius 2 is 1.50 bits per heavy atom. The lowest BCUT2D eigenvalue weighted by Crippen LogP contribution is -2.32. The van der Waals surface area contributed by atoms with E-state index in [2.05, 4.69) is 0 Å². The maximum atomic E-state index is 11.1. The van der Waals surface area contributed by atoms with E-state index in [4.69, 9.17) is 28.7 Å². The third-order valence-electron chi connectivity index (χ3n) is 2.90. The number of ether oxygens (including phenoxy) is 4. The normalized spacial score (nSPS) is 25.1. The Kier molecular flexibility index (Phi) is 6.38. The molecule has 0 aromatic rings. The van der Waals surface area contributed by atoms with E-state index in [1.165, 1.54) is 0 Å². The first-order valence-corrected chi connectivity index (χ1v) is 8.48. The minimum atomic E-state index is -4.07. The predicted octanol–water partition coefficient (Wildman–Crippen LogP) is -0.746. The molecule has 2 saturated heterocycles. The number of hydrogen-bond donors (Lipinski definition) is 2. The standard InChI is InChI=1S/C11H22NO7P/c13-20(14,15)9-12(1-3-16-5-10-7-18-10)2-4-17-6-11-8-19-11/h10-11H,1-9H2,(H2,13,14,15). The quantitative estimate of drug-likeness (QED) is 0.276. The fourth-order valence-electron chi connectivity index (χ4n) is 1.66. The first-order chi connectivity index (χ1) is 9.53. The van der Waals surface area contributed by atoms with Gasteiger partial charge in [-0.25, -0.2) is 0 Å². The number of rotatable bonds is 12. The average molecular weight is 311 g/mol. The van der Waals surface area contributed by atoms with Crippen LogP contribution in [-0.2, 0) is 23.5 Å². The van der Waals surface area contributed by atoms with Gasteiger partial charge in [0.05, 0.1) is 39.6 Å². The monoisotopic (exact) mass is 311 g/mol. The topological polar surface area (TPSA) is 104 Å². The predicted molar refractivity (Wildman–Crippen MR) is 69.6 cm³/mol. The van der Waals surface area contributed by atoms with E-state index >= 15 is 0 Å². The SMILES string of the molecule is O=P(O)(O)CN(CCOCC1CO1)CCOCC1CO1. The summed E-state index contributed by atoms with van der Waals surface area (Å²) in [5.41, 5.74) is 0. The summed E-state index contributed by atoms with van der Waals surface area (Å²) < 4.78 is 31.8. The third-order valence-corrected chi connectivity index (χ3v) is 3.67. The molecule has 9 heteroatoms. The number of hydrogen-bond acceptors (Lipinski definition) is 6. The van der Waals surface area contributed by atoms with E-state index in [0.717, 1.165) is 13.2 Å². The molecule has 2 heterocycles. The van der Waals surface area contributed by atoms with Gasteiger partial charge in [0.15, 0.2) is 0 Å². The summed E-state index contributed by atoms with van der Waals surface area (Å²) in [6.45, 7) is 4.32. The van der Waals surface area contributed by atoms with Crippen LogP contribution in [0.3, 0.4) is 0 Å². The van der Waals surface area contributed by atoms with Gasteiger partial charge < -0.3 is 28.7 Å². The van der Waals surface area contributed by atoms with Crippen molar-refractivity contribution < 1.29 is 33.3 Å². The average Bonchev–Trinajstić information content (AvgIpc) is 3.22. The van der Waals surface area contributed by atoms with E-state index in [1.807, 2.05) is 0 Å². The lowest BCUT2D eigenvalue weighted by molar-refractivity contribution is 0.0687. The molecule has 8 nitrogen and oxygen atoms in total. The minimum Gasteiger partial charge on any atom is -0.377 e. The molecule has 0 aromatic heterocycles. The van der Waals surface area contributed by atoms with Gasteiger partial charge in [0.1, 0.15) is 18.5 Å². The molecule has 0 amide bonds. The fourth-order valence-corrected chi connectivity index (χ4v) is 2.46. The number of nitrogens with zero attached hydrogens (tertiary/aromatic N) is 1. The van der Waals surface area contributed by atoms with Crippen LogP contribution >= 0.6 is 7.60 Å². The van der Waals surface area contributed by atoms with Crippen molar-refractivity contribution in [3.8, 4) is 0 Å². The van der Waals surface area contributed by atoms with Gasteiger partial charge in [0.25, 0.3) is 0 Å². The zero-order valence-corrected chi connectivity index (χ0v) is 12.2. The van der Waals surface area contributed by atoms with Gasteiger partial charge in [-0.2, -0.15) is 0 Å². The molecule has 2 atom stereocenters. The maximum absolute atomic E-state index is 11.1. The van der Waals surface area contributed by atoms with Gasteiger partial charge in [0.2, 0.25) is 0 Å². The Bertz CT molecular complexity index is 309. The van der Waals surface area contributed by atoms with Crippen molar-refractivity contribution in [1.82, 2.24) is 4.90 Å². The zero-order valence-electron chi connectivity index (χ0n) is 11.3. The van der Waals surface area contributed by atoms with Crippen molar-refractivity contribution in [3.05, 3.63) is 0 Å². The highest BCUT2D eigenvalue weighted by molar-refractivity contribution is 7.51. The largest absolute Gasteiger partial charge is 0.377 e.